The molecule has 3 aromatic carbocycles. The summed E-state index contributed by atoms with van der Waals surface area (Å²) < 4.78 is 0. The Morgan fingerprint density at radius 1 is 0.900 bits per heavy atom. The van der Waals surface area contributed by atoms with Gasteiger partial charge in [-0.1, -0.05) is 72.8 Å². The molecule has 1 amide bonds. The van der Waals surface area contributed by atoms with E-state index in [0.29, 0.717) is 18.8 Å². The molecular formula is C25H24N4O. The summed E-state index contributed by atoms with van der Waals surface area (Å²) >= 11 is 0. The average molecular weight is 396 g/mol. The van der Waals surface area contributed by atoms with Gasteiger partial charge in [0.2, 0.25) is 5.91 Å². The third-order valence-electron chi connectivity index (χ3n) is 5.05. The highest BCUT2D eigenvalue weighted by Gasteiger charge is 2.24. The van der Waals surface area contributed by atoms with Gasteiger partial charge < -0.3 is 16.0 Å². The first-order valence-electron chi connectivity index (χ1n) is 9.97. The standard InChI is InChI=1S/C25H24N4O/c26-16-19-11-13-21(14-12-19)28-25(30)22(15-18-7-3-1-4-8-18)24-27-17-23(29-24)20-9-5-2-6-10-20/h1-14,17,22H,15-16,26H2,(H,27,29)(H,28,30). The maximum absolute atomic E-state index is 13.2. The van der Waals surface area contributed by atoms with Crippen LogP contribution in [0.2, 0.25) is 0 Å². The smallest absolute Gasteiger partial charge is 0.235 e. The van der Waals surface area contributed by atoms with Crippen molar-refractivity contribution in [3.63, 3.8) is 0 Å². The predicted octanol–water partition coefficient (Wildman–Crippen LogP) is 4.50. The molecule has 0 aliphatic carbocycles. The molecule has 1 atom stereocenters. The van der Waals surface area contributed by atoms with Gasteiger partial charge in [0, 0.05) is 24.0 Å². The van der Waals surface area contributed by atoms with Crippen LogP contribution in [0.15, 0.2) is 91.1 Å². The average Bonchev–Trinajstić information content (AvgIpc) is 3.29. The van der Waals surface area contributed by atoms with Gasteiger partial charge in [-0.15, -0.1) is 0 Å². The second-order valence-corrected chi connectivity index (χ2v) is 7.17. The number of hydrogen-bond donors (Lipinski definition) is 3. The number of anilines is 1. The van der Waals surface area contributed by atoms with Crippen molar-refractivity contribution < 1.29 is 4.79 Å². The monoisotopic (exact) mass is 396 g/mol. The Morgan fingerprint density at radius 3 is 2.23 bits per heavy atom. The topological polar surface area (TPSA) is 83.8 Å². The van der Waals surface area contributed by atoms with Crippen LogP contribution in [0, 0.1) is 0 Å². The van der Waals surface area contributed by atoms with Crippen molar-refractivity contribution in [1.29, 1.82) is 0 Å². The number of nitrogens with zero attached hydrogens (tertiary/aromatic N) is 1. The molecule has 1 heterocycles. The molecular weight excluding hydrogens is 372 g/mol. The minimum atomic E-state index is -0.445. The summed E-state index contributed by atoms with van der Waals surface area (Å²) in [7, 11) is 0. The second-order valence-electron chi connectivity index (χ2n) is 7.17. The van der Waals surface area contributed by atoms with Crippen molar-refractivity contribution in [3.8, 4) is 11.3 Å². The molecule has 0 bridgehead atoms. The molecule has 4 aromatic rings. The lowest BCUT2D eigenvalue weighted by molar-refractivity contribution is -0.117. The van der Waals surface area contributed by atoms with Crippen LogP contribution in [0.3, 0.4) is 0 Å². The Kier molecular flexibility index (Phi) is 6.01. The number of aromatic amines is 1. The zero-order valence-electron chi connectivity index (χ0n) is 16.6. The van der Waals surface area contributed by atoms with E-state index in [1.165, 1.54) is 0 Å². The number of carbonyl (C=O) groups excluding carboxylic acids is 1. The van der Waals surface area contributed by atoms with Crippen molar-refractivity contribution in [3.05, 3.63) is 108 Å². The number of carbonyl (C=O) groups is 1. The Labute approximate surface area is 176 Å². The predicted molar refractivity (Wildman–Crippen MR) is 120 cm³/mol. The van der Waals surface area contributed by atoms with Crippen molar-refractivity contribution in [2.24, 2.45) is 5.73 Å². The van der Waals surface area contributed by atoms with E-state index in [-0.39, 0.29) is 5.91 Å². The number of nitrogens with one attached hydrogen (secondary N) is 2. The number of nitrogens with two attached hydrogens (primary N) is 1. The summed E-state index contributed by atoms with van der Waals surface area (Å²) in [5.74, 6) is 0.0983. The lowest BCUT2D eigenvalue weighted by atomic mass is 9.97. The number of aromatic nitrogens is 2. The highest BCUT2D eigenvalue weighted by atomic mass is 16.1. The minimum Gasteiger partial charge on any atom is -0.347 e. The van der Waals surface area contributed by atoms with E-state index in [2.05, 4.69) is 10.3 Å². The van der Waals surface area contributed by atoms with Crippen LogP contribution >= 0.6 is 0 Å². The number of rotatable bonds is 7. The normalized spacial score (nSPS) is 11.8. The van der Waals surface area contributed by atoms with Crippen LogP contribution in [-0.2, 0) is 17.8 Å². The summed E-state index contributed by atoms with van der Waals surface area (Å²) in [5, 5.41) is 3.02. The Hall–Kier alpha value is -3.70. The maximum atomic E-state index is 13.2. The molecule has 4 N–H and O–H groups in total. The van der Waals surface area contributed by atoms with Crippen molar-refractivity contribution in [2.45, 2.75) is 18.9 Å². The molecule has 0 aliphatic rings. The van der Waals surface area contributed by atoms with Crippen LogP contribution < -0.4 is 11.1 Å². The fourth-order valence-electron chi connectivity index (χ4n) is 3.39. The van der Waals surface area contributed by atoms with Gasteiger partial charge in [-0.3, -0.25) is 4.79 Å². The van der Waals surface area contributed by atoms with Gasteiger partial charge in [0.15, 0.2) is 0 Å². The van der Waals surface area contributed by atoms with Crippen molar-refractivity contribution in [2.75, 3.05) is 5.32 Å². The Balaban J connectivity index is 1.60. The van der Waals surface area contributed by atoms with Gasteiger partial charge in [0.25, 0.3) is 0 Å². The first kappa shape index (κ1) is 19.6. The molecule has 0 saturated heterocycles. The summed E-state index contributed by atoms with van der Waals surface area (Å²) in [6.07, 6.45) is 2.40. The van der Waals surface area contributed by atoms with E-state index >= 15 is 0 Å². The molecule has 0 aliphatic heterocycles. The molecule has 0 saturated carbocycles. The van der Waals surface area contributed by atoms with Crippen LogP contribution in [0.25, 0.3) is 11.3 Å². The summed E-state index contributed by atoms with van der Waals surface area (Å²) in [5.41, 5.74) is 10.3. The number of amides is 1. The second kappa shape index (κ2) is 9.20. The van der Waals surface area contributed by atoms with Crippen LogP contribution in [0.4, 0.5) is 5.69 Å². The highest BCUT2D eigenvalue weighted by Crippen LogP contribution is 2.24. The molecule has 150 valence electrons. The molecule has 5 nitrogen and oxygen atoms in total. The fourth-order valence-corrected chi connectivity index (χ4v) is 3.39. The van der Waals surface area contributed by atoms with E-state index in [1.54, 1.807) is 0 Å². The minimum absolute atomic E-state index is 0.103. The van der Waals surface area contributed by atoms with Gasteiger partial charge in [-0.05, 0) is 29.7 Å². The maximum Gasteiger partial charge on any atom is 0.235 e. The third-order valence-corrected chi connectivity index (χ3v) is 5.05. The summed E-state index contributed by atoms with van der Waals surface area (Å²) in [6, 6.07) is 27.5. The molecule has 30 heavy (non-hydrogen) atoms. The molecule has 1 aromatic heterocycles. The molecule has 1 unspecified atom stereocenters. The molecule has 0 fully saturated rings. The van der Waals surface area contributed by atoms with E-state index in [1.807, 2.05) is 91.1 Å². The Bertz CT molecular complexity index is 1090. The first-order valence-corrected chi connectivity index (χ1v) is 9.97. The zero-order valence-corrected chi connectivity index (χ0v) is 16.6. The zero-order chi connectivity index (χ0) is 20.8. The van der Waals surface area contributed by atoms with Gasteiger partial charge in [-0.25, -0.2) is 4.98 Å². The van der Waals surface area contributed by atoms with Crippen LogP contribution in [0.1, 0.15) is 22.9 Å². The van der Waals surface area contributed by atoms with Gasteiger partial charge in [0.1, 0.15) is 11.7 Å². The number of H-pyrrole nitrogens is 1. The lowest BCUT2D eigenvalue weighted by Gasteiger charge is -2.15. The SMILES string of the molecule is NCc1ccc(NC(=O)C(Cc2ccccc2)c2nc(-c3ccccc3)c[nH]2)cc1. The molecule has 5 heteroatoms. The Morgan fingerprint density at radius 2 is 1.57 bits per heavy atom. The fraction of sp³-hybridized carbons (Fsp3) is 0.120. The molecule has 0 spiro atoms. The third kappa shape index (κ3) is 4.64. The largest absolute Gasteiger partial charge is 0.347 e. The van der Waals surface area contributed by atoms with Crippen molar-refractivity contribution in [1.82, 2.24) is 9.97 Å². The van der Waals surface area contributed by atoms with Gasteiger partial charge in [0.05, 0.1) is 5.69 Å². The van der Waals surface area contributed by atoms with Crippen molar-refractivity contribution >= 4 is 11.6 Å². The van der Waals surface area contributed by atoms with E-state index in [0.717, 1.165) is 28.1 Å². The van der Waals surface area contributed by atoms with E-state index < -0.39 is 5.92 Å². The first-order chi connectivity index (χ1) is 14.7. The number of hydrogen-bond acceptors (Lipinski definition) is 3. The number of benzene rings is 3. The van der Waals surface area contributed by atoms with Crippen LogP contribution in [-0.4, -0.2) is 15.9 Å². The number of imidazole rings is 1. The molecule has 0 radical (unpaired) electrons. The quantitative estimate of drug-likeness (QED) is 0.430. The molecule has 4 rings (SSSR count). The lowest BCUT2D eigenvalue weighted by Crippen LogP contribution is -2.24. The van der Waals surface area contributed by atoms with E-state index in [4.69, 9.17) is 10.7 Å². The highest BCUT2D eigenvalue weighted by molar-refractivity contribution is 5.95. The van der Waals surface area contributed by atoms with Crippen LogP contribution in [0.5, 0.6) is 0 Å². The van der Waals surface area contributed by atoms with Gasteiger partial charge >= 0.3 is 0 Å². The summed E-state index contributed by atoms with van der Waals surface area (Å²) in [4.78, 5) is 21.2. The van der Waals surface area contributed by atoms with E-state index in [9.17, 15) is 4.79 Å². The summed E-state index contributed by atoms with van der Waals surface area (Å²) in [6.45, 7) is 0.472. The van der Waals surface area contributed by atoms with Gasteiger partial charge in [-0.2, -0.15) is 0 Å².